The van der Waals surface area contributed by atoms with Crippen molar-refractivity contribution in [2.75, 3.05) is 0 Å². The standard InChI is InChI=1S/C10H8F2/c1-6-5-9(11)10(12)8-4-2-3-7(6)8/h2-3,5H,4H2,1H3. The highest BCUT2D eigenvalue weighted by Crippen LogP contribution is 2.27. The molecule has 0 nitrogen and oxygen atoms in total. The summed E-state index contributed by atoms with van der Waals surface area (Å²) in [6.45, 7) is 1.79. The molecule has 0 saturated carbocycles. The molecule has 1 aromatic carbocycles. The van der Waals surface area contributed by atoms with Crippen molar-refractivity contribution in [2.24, 2.45) is 0 Å². The monoisotopic (exact) mass is 166 g/mol. The molecule has 0 bridgehead atoms. The van der Waals surface area contributed by atoms with Gasteiger partial charge in [-0.15, -0.1) is 0 Å². The number of benzene rings is 1. The van der Waals surface area contributed by atoms with Crippen LogP contribution >= 0.6 is 0 Å². The molecule has 0 saturated heterocycles. The molecule has 1 aliphatic rings. The summed E-state index contributed by atoms with van der Waals surface area (Å²) in [5.74, 6) is -1.43. The largest absolute Gasteiger partial charge is 0.204 e. The normalized spacial score (nSPS) is 13.6. The molecule has 0 aliphatic heterocycles. The third kappa shape index (κ3) is 0.876. The van der Waals surface area contributed by atoms with Crippen molar-refractivity contribution in [3.63, 3.8) is 0 Å². The number of fused-ring (bicyclic) bond motifs is 1. The zero-order valence-corrected chi connectivity index (χ0v) is 6.70. The molecule has 0 N–H and O–H groups in total. The summed E-state index contributed by atoms with van der Waals surface area (Å²) in [6, 6.07) is 1.24. The first-order valence-electron chi connectivity index (χ1n) is 3.84. The predicted molar refractivity (Wildman–Crippen MR) is 43.8 cm³/mol. The summed E-state index contributed by atoms with van der Waals surface area (Å²) < 4.78 is 25.9. The third-order valence-electron chi connectivity index (χ3n) is 2.17. The lowest BCUT2D eigenvalue weighted by Gasteiger charge is -2.04. The number of halogens is 2. The zero-order chi connectivity index (χ0) is 8.72. The first-order valence-corrected chi connectivity index (χ1v) is 3.84. The Morgan fingerprint density at radius 2 is 2.08 bits per heavy atom. The van der Waals surface area contributed by atoms with Crippen LogP contribution in [0.15, 0.2) is 12.1 Å². The first kappa shape index (κ1) is 7.47. The quantitative estimate of drug-likeness (QED) is 0.556. The van der Waals surface area contributed by atoms with E-state index in [-0.39, 0.29) is 0 Å². The molecule has 1 aromatic rings. The van der Waals surface area contributed by atoms with Crippen molar-refractivity contribution in [1.29, 1.82) is 0 Å². The molecule has 2 heteroatoms. The molecule has 12 heavy (non-hydrogen) atoms. The predicted octanol–water partition coefficient (Wildman–Crippen LogP) is 2.84. The van der Waals surface area contributed by atoms with Crippen LogP contribution in [0.4, 0.5) is 8.78 Å². The molecular formula is C10H8F2. The van der Waals surface area contributed by atoms with Gasteiger partial charge in [-0.25, -0.2) is 8.78 Å². The molecule has 0 aromatic heterocycles. The van der Waals surface area contributed by atoms with Gasteiger partial charge in [0.2, 0.25) is 0 Å². The fourth-order valence-electron chi connectivity index (χ4n) is 1.56. The van der Waals surface area contributed by atoms with Gasteiger partial charge in [0.25, 0.3) is 0 Å². The second-order valence-electron chi connectivity index (χ2n) is 2.99. The Morgan fingerprint density at radius 3 is 2.83 bits per heavy atom. The van der Waals surface area contributed by atoms with E-state index in [0.717, 1.165) is 11.1 Å². The topological polar surface area (TPSA) is 0 Å². The average molecular weight is 166 g/mol. The molecule has 62 valence electrons. The summed E-state index contributed by atoms with van der Waals surface area (Å²) in [7, 11) is 0. The van der Waals surface area contributed by atoms with Crippen molar-refractivity contribution in [2.45, 2.75) is 13.3 Å². The van der Waals surface area contributed by atoms with Gasteiger partial charge in [0.05, 0.1) is 0 Å². The van der Waals surface area contributed by atoms with Crippen LogP contribution in [0.3, 0.4) is 0 Å². The second-order valence-corrected chi connectivity index (χ2v) is 2.99. The van der Waals surface area contributed by atoms with Gasteiger partial charge in [-0.05, 0) is 30.5 Å². The van der Waals surface area contributed by atoms with E-state index in [1.165, 1.54) is 6.07 Å². The summed E-state index contributed by atoms with van der Waals surface area (Å²) >= 11 is 0. The van der Waals surface area contributed by atoms with E-state index in [9.17, 15) is 8.78 Å². The van der Waals surface area contributed by atoms with Gasteiger partial charge in [-0.1, -0.05) is 12.2 Å². The van der Waals surface area contributed by atoms with Crippen LogP contribution in [0.25, 0.3) is 6.08 Å². The molecule has 0 atom stereocenters. The number of rotatable bonds is 0. The van der Waals surface area contributed by atoms with Gasteiger partial charge in [0.1, 0.15) is 0 Å². The molecule has 0 fully saturated rings. The van der Waals surface area contributed by atoms with Gasteiger partial charge in [0.15, 0.2) is 11.6 Å². The summed E-state index contributed by atoms with van der Waals surface area (Å²) in [5.41, 5.74) is 2.14. The zero-order valence-electron chi connectivity index (χ0n) is 6.70. The minimum Gasteiger partial charge on any atom is -0.204 e. The fraction of sp³-hybridized carbons (Fsp3) is 0.200. The van der Waals surface area contributed by atoms with Crippen LogP contribution in [0.5, 0.6) is 0 Å². The highest BCUT2D eigenvalue weighted by molar-refractivity contribution is 5.63. The number of allylic oxidation sites excluding steroid dienone is 1. The molecule has 0 heterocycles. The van der Waals surface area contributed by atoms with E-state index in [1.807, 2.05) is 12.2 Å². The Morgan fingerprint density at radius 1 is 1.33 bits per heavy atom. The van der Waals surface area contributed by atoms with Crippen molar-refractivity contribution in [3.05, 3.63) is 40.5 Å². The highest BCUT2D eigenvalue weighted by atomic mass is 19.2. The summed E-state index contributed by atoms with van der Waals surface area (Å²) in [4.78, 5) is 0. The Labute approximate surface area is 69.5 Å². The maximum atomic E-state index is 13.1. The Bertz CT molecular complexity index is 365. The molecule has 0 radical (unpaired) electrons. The van der Waals surface area contributed by atoms with E-state index in [2.05, 4.69) is 0 Å². The minimum atomic E-state index is -0.741. The lowest BCUT2D eigenvalue weighted by atomic mass is 10.0. The van der Waals surface area contributed by atoms with E-state index in [4.69, 9.17) is 0 Å². The van der Waals surface area contributed by atoms with E-state index >= 15 is 0 Å². The van der Waals surface area contributed by atoms with Crippen LogP contribution < -0.4 is 0 Å². The average Bonchev–Trinajstić information content (AvgIpc) is 2.48. The molecule has 2 rings (SSSR count). The van der Waals surface area contributed by atoms with Gasteiger partial charge < -0.3 is 0 Å². The van der Waals surface area contributed by atoms with Crippen LogP contribution in [-0.2, 0) is 6.42 Å². The van der Waals surface area contributed by atoms with Crippen LogP contribution in [-0.4, -0.2) is 0 Å². The third-order valence-corrected chi connectivity index (χ3v) is 2.17. The van der Waals surface area contributed by atoms with Crippen LogP contribution in [0.2, 0.25) is 0 Å². The maximum absolute atomic E-state index is 13.1. The lowest BCUT2D eigenvalue weighted by molar-refractivity contribution is 0.500. The molecule has 1 aliphatic carbocycles. The van der Waals surface area contributed by atoms with E-state index in [1.54, 1.807) is 6.92 Å². The molecular weight excluding hydrogens is 158 g/mol. The molecule has 0 amide bonds. The smallest absolute Gasteiger partial charge is 0.162 e. The second kappa shape index (κ2) is 2.41. The van der Waals surface area contributed by atoms with Crippen molar-refractivity contribution < 1.29 is 8.78 Å². The van der Waals surface area contributed by atoms with Gasteiger partial charge in [-0.2, -0.15) is 0 Å². The number of aryl methyl sites for hydroxylation is 1. The number of hydrogen-bond donors (Lipinski definition) is 0. The van der Waals surface area contributed by atoms with Gasteiger partial charge in [-0.3, -0.25) is 0 Å². The first-order chi connectivity index (χ1) is 5.70. The Balaban J connectivity index is 2.74. The Hall–Kier alpha value is -1.18. The van der Waals surface area contributed by atoms with E-state index in [0.29, 0.717) is 12.0 Å². The van der Waals surface area contributed by atoms with E-state index < -0.39 is 11.6 Å². The summed E-state index contributed by atoms with van der Waals surface area (Å²) in [5, 5.41) is 0. The van der Waals surface area contributed by atoms with Crippen molar-refractivity contribution in [3.8, 4) is 0 Å². The Kier molecular flexibility index (Phi) is 1.50. The van der Waals surface area contributed by atoms with Gasteiger partial charge >= 0.3 is 0 Å². The fourth-order valence-corrected chi connectivity index (χ4v) is 1.56. The SMILES string of the molecule is Cc1cc(F)c(F)c2c1C=CC2. The van der Waals surface area contributed by atoms with Gasteiger partial charge in [0, 0.05) is 5.56 Å². The van der Waals surface area contributed by atoms with Crippen LogP contribution in [0, 0.1) is 18.6 Å². The minimum absolute atomic E-state index is 0.493. The molecule has 0 unspecified atom stereocenters. The number of hydrogen-bond acceptors (Lipinski definition) is 0. The van der Waals surface area contributed by atoms with Crippen LogP contribution in [0.1, 0.15) is 16.7 Å². The van der Waals surface area contributed by atoms with Crippen molar-refractivity contribution in [1.82, 2.24) is 0 Å². The van der Waals surface area contributed by atoms with Crippen molar-refractivity contribution >= 4 is 6.08 Å². The maximum Gasteiger partial charge on any atom is 0.162 e. The molecule has 0 spiro atoms. The highest BCUT2D eigenvalue weighted by Gasteiger charge is 2.16. The summed E-state index contributed by atoms with van der Waals surface area (Å²) in [6.07, 6.45) is 4.20. The lowest BCUT2D eigenvalue weighted by Crippen LogP contribution is -1.96.